The lowest BCUT2D eigenvalue weighted by atomic mass is 9.69. The molecule has 5 aliphatic rings. The number of likely N-dealkylation sites (tertiary alicyclic amines) is 1. The summed E-state index contributed by atoms with van der Waals surface area (Å²) < 4.78 is 3.78. The van der Waals surface area contributed by atoms with Crippen molar-refractivity contribution in [3.8, 4) is 0 Å². The van der Waals surface area contributed by atoms with Crippen molar-refractivity contribution >= 4 is 17.3 Å². The predicted molar refractivity (Wildman–Crippen MR) is 152 cm³/mol. The highest BCUT2D eigenvalue weighted by atomic mass is 16.8. The lowest BCUT2D eigenvalue weighted by molar-refractivity contribution is -0.140. The van der Waals surface area contributed by atoms with E-state index in [2.05, 4.69) is 4.90 Å². The van der Waals surface area contributed by atoms with Crippen LogP contribution in [0.1, 0.15) is 41.6 Å². The number of rotatable bonds is 2. The number of nitrogens with zero attached hydrogens (tertiary/aromatic N) is 5. The van der Waals surface area contributed by atoms with Gasteiger partial charge in [-0.3, -0.25) is 19.6 Å². The monoisotopic (exact) mass is 554 g/mol. The lowest BCUT2D eigenvalue weighted by Gasteiger charge is -2.55. The summed E-state index contributed by atoms with van der Waals surface area (Å²) in [5, 5.41) is 21.3. The van der Waals surface area contributed by atoms with Gasteiger partial charge in [0.2, 0.25) is 5.91 Å². The molecule has 10 nitrogen and oxygen atoms in total. The molecule has 1 aromatic carbocycles. The maximum atomic E-state index is 14.6. The van der Waals surface area contributed by atoms with E-state index in [9.17, 15) is 24.8 Å². The Hall–Kier alpha value is -3.89. The number of benzene rings is 1. The van der Waals surface area contributed by atoms with Gasteiger partial charge in [-0.05, 0) is 67.0 Å². The van der Waals surface area contributed by atoms with Crippen molar-refractivity contribution in [1.29, 1.82) is 0 Å². The number of piperidine rings is 2. The second-order valence-corrected chi connectivity index (χ2v) is 12.6. The van der Waals surface area contributed by atoms with Crippen LogP contribution in [0.15, 0.2) is 64.2 Å². The van der Waals surface area contributed by atoms with Crippen molar-refractivity contribution in [2.24, 2.45) is 17.8 Å². The highest BCUT2D eigenvalue weighted by molar-refractivity contribution is 5.83. The second kappa shape index (κ2) is 9.06. The van der Waals surface area contributed by atoms with E-state index in [4.69, 9.17) is 0 Å². The fourth-order valence-corrected chi connectivity index (χ4v) is 8.75. The Morgan fingerprint density at radius 3 is 2.29 bits per heavy atom. The third-order valence-corrected chi connectivity index (χ3v) is 10.3. The van der Waals surface area contributed by atoms with Crippen LogP contribution in [0.2, 0.25) is 0 Å². The van der Waals surface area contributed by atoms with Crippen LogP contribution >= 0.6 is 0 Å². The molecule has 6 atom stereocenters. The highest BCUT2D eigenvalue weighted by Crippen LogP contribution is 2.48. The molecular formula is C31H32N5O5-. The predicted octanol–water partition coefficient (Wildman–Crippen LogP) is 2.51. The van der Waals surface area contributed by atoms with Crippen molar-refractivity contribution in [2.75, 3.05) is 29.8 Å². The van der Waals surface area contributed by atoms with Gasteiger partial charge < -0.3 is 29.4 Å². The minimum absolute atomic E-state index is 0.00521. The Labute approximate surface area is 236 Å². The van der Waals surface area contributed by atoms with E-state index in [0.717, 1.165) is 35.5 Å². The van der Waals surface area contributed by atoms with E-state index >= 15 is 0 Å². The number of amides is 1. The topological polar surface area (TPSA) is 114 Å². The molecule has 3 aromatic rings. The van der Waals surface area contributed by atoms with Crippen LogP contribution < -0.4 is 21.2 Å². The molecule has 5 aliphatic heterocycles. The first kappa shape index (κ1) is 24.9. The molecule has 212 valence electrons. The summed E-state index contributed by atoms with van der Waals surface area (Å²) in [7, 11) is 0. The molecule has 10 heteroatoms. The summed E-state index contributed by atoms with van der Waals surface area (Å²) in [4.78, 5) is 44.3. The van der Waals surface area contributed by atoms with Crippen LogP contribution in [0.4, 0.5) is 11.4 Å². The van der Waals surface area contributed by atoms with Gasteiger partial charge in [0.05, 0.1) is 11.6 Å². The van der Waals surface area contributed by atoms with Gasteiger partial charge in [-0.1, -0.05) is 12.1 Å². The van der Waals surface area contributed by atoms with Crippen LogP contribution in [-0.2, 0) is 24.3 Å². The number of fused-ring (bicyclic) bond motifs is 12. The number of carbonyl (C=O) groups is 1. The van der Waals surface area contributed by atoms with E-state index in [1.165, 1.54) is 0 Å². The van der Waals surface area contributed by atoms with Gasteiger partial charge in [0.1, 0.15) is 0 Å². The van der Waals surface area contributed by atoms with Crippen molar-refractivity contribution in [1.82, 2.24) is 14.0 Å². The number of carbonyl (C=O) groups excluding carboxylic acids is 1. The Morgan fingerprint density at radius 2 is 1.56 bits per heavy atom. The van der Waals surface area contributed by atoms with Crippen molar-refractivity contribution in [3.05, 3.63) is 97.5 Å². The SMILES string of the molecule is O=C(C1Cc2cc(N([O-])O)ccc2N2CC3CC(Cn4c3cccc4=O)C12)N1CC2CC(C1)c1cccc(=O)n1C2. The molecule has 1 N–H and O–H groups in total. The first-order chi connectivity index (χ1) is 19.9. The molecule has 2 saturated heterocycles. The Balaban J connectivity index is 1.18. The molecule has 6 unspecified atom stereocenters. The molecule has 0 spiro atoms. The zero-order valence-electron chi connectivity index (χ0n) is 22.6. The van der Waals surface area contributed by atoms with Crippen LogP contribution in [0.5, 0.6) is 0 Å². The van der Waals surface area contributed by atoms with E-state index in [-0.39, 0.29) is 63.6 Å². The van der Waals surface area contributed by atoms with Crippen molar-refractivity contribution < 1.29 is 10.0 Å². The minimum Gasteiger partial charge on any atom is -0.733 e. The highest BCUT2D eigenvalue weighted by Gasteiger charge is 2.51. The van der Waals surface area contributed by atoms with Crippen molar-refractivity contribution in [2.45, 2.75) is 50.2 Å². The van der Waals surface area contributed by atoms with Gasteiger partial charge >= 0.3 is 0 Å². The number of pyridine rings is 2. The molecule has 0 radical (unpaired) electrons. The molecule has 0 aliphatic carbocycles. The Morgan fingerprint density at radius 1 is 0.854 bits per heavy atom. The van der Waals surface area contributed by atoms with Crippen LogP contribution in [0.25, 0.3) is 0 Å². The number of aromatic nitrogens is 2. The van der Waals surface area contributed by atoms with E-state index in [0.29, 0.717) is 39.1 Å². The zero-order valence-corrected chi connectivity index (χ0v) is 22.6. The van der Waals surface area contributed by atoms with Crippen LogP contribution in [0, 0.1) is 23.0 Å². The van der Waals surface area contributed by atoms with Crippen LogP contribution in [-0.4, -0.2) is 50.8 Å². The third kappa shape index (κ3) is 3.80. The van der Waals surface area contributed by atoms with Gasteiger partial charge in [-0.15, -0.1) is 0 Å². The zero-order chi connectivity index (χ0) is 28.0. The summed E-state index contributed by atoms with van der Waals surface area (Å²) in [5.74, 6) is 0.394. The Bertz CT molecular complexity index is 1680. The molecule has 0 saturated carbocycles. The number of hydrogen-bond donors (Lipinski definition) is 1. The summed E-state index contributed by atoms with van der Waals surface area (Å²) in [6.45, 7) is 3.09. The molecule has 8 rings (SSSR count). The third-order valence-electron chi connectivity index (χ3n) is 10.3. The summed E-state index contributed by atoms with van der Waals surface area (Å²) >= 11 is 0. The quantitative estimate of drug-likeness (QED) is 0.484. The molecule has 1 amide bonds. The van der Waals surface area contributed by atoms with E-state index in [1.807, 2.05) is 44.4 Å². The van der Waals surface area contributed by atoms with Crippen LogP contribution in [0.3, 0.4) is 0 Å². The van der Waals surface area contributed by atoms with E-state index < -0.39 is 0 Å². The fraction of sp³-hybridized carbons (Fsp3) is 0.452. The maximum Gasteiger partial charge on any atom is 0.250 e. The number of hydrogen-bond acceptors (Lipinski definition) is 7. The minimum atomic E-state index is -0.347. The normalized spacial score (nSPS) is 29.1. The van der Waals surface area contributed by atoms with Gasteiger partial charge in [-0.2, -0.15) is 0 Å². The van der Waals surface area contributed by atoms with Crippen molar-refractivity contribution in [3.63, 3.8) is 0 Å². The largest absolute Gasteiger partial charge is 0.733 e. The molecule has 2 aromatic heterocycles. The second-order valence-electron chi connectivity index (χ2n) is 12.6. The lowest BCUT2D eigenvalue weighted by Crippen LogP contribution is -2.62. The molecular weight excluding hydrogens is 522 g/mol. The summed E-state index contributed by atoms with van der Waals surface area (Å²) in [5.41, 5.74) is 4.10. The first-order valence-corrected chi connectivity index (χ1v) is 14.6. The molecule has 2 fully saturated rings. The Kier molecular flexibility index (Phi) is 5.49. The first-order valence-electron chi connectivity index (χ1n) is 14.6. The average Bonchev–Trinajstić information content (AvgIpc) is 2.97. The smallest absolute Gasteiger partial charge is 0.250 e. The molecule has 4 bridgehead atoms. The summed E-state index contributed by atoms with van der Waals surface area (Å²) in [6, 6.07) is 16.0. The summed E-state index contributed by atoms with van der Waals surface area (Å²) in [6.07, 6.45) is 2.37. The van der Waals surface area contributed by atoms with Gasteiger partial charge in [0.25, 0.3) is 11.1 Å². The van der Waals surface area contributed by atoms with E-state index in [1.54, 1.807) is 24.3 Å². The fourth-order valence-electron chi connectivity index (χ4n) is 8.75. The van der Waals surface area contributed by atoms with Gasteiger partial charge in [-0.25, -0.2) is 0 Å². The number of anilines is 2. The molecule has 7 heterocycles. The standard InChI is InChI=1S/C31H32N5O5/c37-28-5-1-3-25-20-9-18(14-33(25)28)13-32(15-20)31(39)24-12-19-11-23(36(40)41)7-8-27(19)35-16-21-10-22(30(24)35)17-34-26(21)4-2-6-29(34)38/h1-8,11,18,20-22,24,30,40H,9-10,12-17H2/q-1. The average molecular weight is 555 g/mol. The maximum absolute atomic E-state index is 14.6. The molecule has 41 heavy (non-hydrogen) atoms. The van der Waals surface area contributed by atoms with Gasteiger partial charge in [0, 0.05) is 79.8 Å². The van der Waals surface area contributed by atoms with Gasteiger partial charge in [0.15, 0.2) is 0 Å².